The summed E-state index contributed by atoms with van der Waals surface area (Å²) in [4.78, 5) is 25.0. The molecule has 3 aromatic rings. The van der Waals surface area contributed by atoms with Crippen molar-refractivity contribution in [3.8, 4) is 11.1 Å². The van der Waals surface area contributed by atoms with E-state index in [0.29, 0.717) is 16.6 Å². The van der Waals surface area contributed by atoms with Crippen molar-refractivity contribution in [2.75, 3.05) is 13.2 Å². The highest BCUT2D eigenvalue weighted by Gasteiger charge is 2.52. The Labute approximate surface area is 235 Å². The fourth-order valence-corrected chi connectivity index (χ4v) is 5.32. The lowest BCUT2D eigenvalue weighted by atomic mass is 9.76. The average molecular weight is 539 g/mol. The Balaban J connectivity index is 1.35. The SMILES string of the molecule is Cc1cccc(C=C(CNC(=O)OCC2c3ccccc3-c3ccccc32)B2OC(C)(C)C(C)(C)O2)c1C(=O)O. The van der Waals surface area contributed by atoms with Crippen LogP contribution in [0.15, 0.2) is 72.2 Å². The van der Waals surface area contributed by atoms with E-state index in [1.54, 1.807) is 31.2 Å². The Morgan fingerprint density at radius 2 is 1.50 bits per heavy atom. The van der Waals surface area contributed by atoms with Crippen LogP contribution >= 0.6 is 0 Å². The number of nitrogens with one attached hydrogen (secondary N) is 1. The van der Waals surface area contributed by atoms with Crippen molar-refractivity contribution in [2.45, 2.75) is 51.7 Å². The minimum atomic E-state index is -1.03. The van der Waals surface area contributed by atoms with Gasteiger partial charge in [-0.1, -0.05) is 72.8 Å². The Hall–Kier alpha value is -3.88. The zero-order valence-electron chi connectivity index (χ0n) is 23.5. The molecule has 7 nitrogen and oxygen atoms in total. The van der Waals surface area contributed by atoms with Crippen molar-refractivity contribution in [1.82, 2.24) is 5.32 Å². The first kappa shape index (κ1) is 27.7. The van der Waals surface area contributed by atoms with Gasteiger partial charge in [-0.05, 0) is 73.5 Å². The van der Waals surface area contributed by atoms with Crippen molar-refractivity contribution in [1.29, 1.82) is 0 Å². The van der Waals surface area contributed by atoms with Crippen LogP contribution in [-0.2, 0) is 14.0 Å². The van der Waals surface area contributed by atoms with Crippen LogP contribution in [0.2, 0.25) is 0 Å². The van der Waals surface area contributed by atoms with Gasteiger partial charge in [0.2, 0.25) is 0 Å². The van der Waals surface area contributed by atoms with E-state index in [9.17, 15) is 14.7 Å². The Kier molecular flexibility index (Phi) is 7.33. The minimum Gasteiger partial charge on any atom is -0.478 e. The summed E-state index contributed by atoms with van der Waals surface area (Å²) in [6.45, 7) is 9.77. The Morgan fingerprint density at radius 1 is 0.925 bits per heavy atom. The van der Waals surface area contributed by atoms with Crippen molar-refractivity contribution < 1.29 is 28.7 Å². The fourth-order valence-electron chi connectivity index (χ4n) is 5.32. The second-order valence-electron chi connectivity index (χ2n) is 11.3. The molecule has 40 heavy (non-hydrogen) atoms. The Bertz CT molecular complexity index is 1430. The molecular weight excluding hydrogens is 505 g/mol. The van der Waals surface area contributed by atoms with Crippen LogP contribution in [0.25, 0.3) is 17.2 Å². The fraction of sp³-hybridized carbons (Fsp3) is 0.312. The molecule has 1 heterocycles. The number of carboxylic acids is 1. The number of alkyl carbamates (subject to hydrolysis) is 1. The molecule has 1 aliphatic carbocycles. The molecular formula is C32H34BNO6. The first-order chi connectivity index (χ1) is 19.0. The molecule has 1 aliphatic heterocycles. The van der Waals surface area contributed by atoms with Crippen LogP contribution in [0.3, 0.4) is 0 Å². The standard InChI is InChI=1S/C32H34BNO6/c1-20-11-10-12-21(28(20)29(35)36)17-22(33-39-31(2,3)32(4,5)40-33)18-34-30(37)38-19-27-25-15-8-6-13-23(25)24-14-7-9-16-26(24)27/h6-17,27H,18-19H2,1-5H3,(H,34,37)(H,35,36). The van der Waals surface area contributed by atoms with Crippen LogP contribution in [0, 0.1) is 6.92 Å². The van der Waals surface area contributed by atoms with Crippen LogP contribution in [0.1, 0.15) is 66.2 Å². The second kappa shape index (κ2) is 10.6. The minimum absolute atomic E-state index is 0.0540. The number of rotatable bonds is 7. The number of benzene rings is 3. The molecule has 0 aromatic heterocycles. The molecule has 1 saturated heterocycles. The summed E-state index contributed by atoms with van der Waals surface area (Å²) in [5.74, 6) is -1.08. The first-order valence-electron chi connectivity index (χ1n) is 13.5. The zero-order valence-corrected chi connectivity index (χ0v) is 23.5. The zero-order chi connectivity index (χ0) is 28.7. The molecule has 1 fully saturated rings. The summed E-state index contributed by atoms with van der Waals surface area (Å²) in [6.07, 6.45) is 1.15. The number of ether oxygens (including phenoxy) is 1. The predicted molar refractivity (Wildman–Crippen MR) is 155 cm³/mol. The molecule has 0 unspecified atom stereocenters. The molecule has 2 aliphatic rings. The van der Waals surface area contributed by atoms with Gasteiger partial charge in [0.25, 0.3) is 0 Å². The lowest BCUT2D eigenvalue weighted by Crippen LogP contribution is -2.41. The molecule has 0 atom stereocenters. The summed E-state index contributed by atoms with van der Waals surface area (Å²) in [5, 5.41) is 12.7. The van der Waals surface area contributed by atoms with Crippen molar-refractivity contribution in [3.05, 3.63) is 100 Å². The summed E-state index contributed by atoms with van der Waals surface area (Å²) in [5.41, 5.74) is 5.29. The first-order valence-corrected chi connectivity index (χ1v) is 13.5. The molecule has 2 N–H and O–H groups in total. The number of hydrogen-bond donors (Lipinski definition) is 2. The van der Waals surface area contributed by atoms with E-state index in [1.807, 2.05) is 52.0 Å². The third kappa shape index (κ3) is 5.17. The number of fused-ring (bicyclic) bond motifs is 3. The predicted octanol–water partition coefficient (Wildman–Crippen LogP) is 6.25. The smallest absolute Gasteiger partial charge is 0.478 e. The van der Waals surface area contributed by atoms with Gasteiger partial charge in [0.05, 0.1) is 16.8 Å². The highest BCUT2D eigenvalue weighted by Crippen LogP contribution is 2.44. The second-order valence-corrected chi connectivity index (χ2v) is 11.3. The van der Waals surface area contributed by atoms with E-state index < -0.39 is 30.4 Å². The molecule has 206 valence electrons. The molecule has 0 bridgehead atoms. The van der Waals surface area contributed by atoms with Gasteiger partial charge in [-0.3, -0.25) is 0 Å². The third-order valence-electron chi connectivity index (χ3n) is 8.20. The van der Waals surface area contributed by atoms with Gasteiger partial charge in [-0.15, -0.1) is 0 Å². The number of carboxylic acid groups (broad SMARTS) is 1. The molecule has 0 saturated carbocycles. The summed E-state index contributed by atoms with van der Waals surface area (Å²) >= 11 is 0. The quantitative estimate of drug-likeness (QED) is 0.345. The van der Waals surface area contributed by atoms with Gasteiger partial charge in [-0.2, -0.15) is 0 Å². The van der Waals surface area contributed by atoms with Gasteiger partial charge < -0.3 is 24.5 Å². The molecule has 0 spiro atoms. The molecule has 8 heteroatoms. The van der Waals surface area contributed by atoms with Gasteiger partial charge in [0.1, 0.15) is 6.61 Å². The van der Waals surface area contributed by atoms with Gasteiger partial charge in [0, 0.05) is 12.5 Å². The van der Waals surface area contributed by atoms with E-state index >= 15 is 0 Å². The summed E-state index contributed by atoms with van der Waals surface area (Å²) < 4.78 is 18.2. The highest BCUT2D eigenvalue weighted by atomic mass is 16.7. The topological polar surface area (TPSA) is 94.1 Å². The molecule has 3 aromatic carbocycles. The maximum absolute atomic E-state index is 12.9. The van der Waals surface area contributed by atoms with Crippen LogP contribution < -0.4 is 5.32 Å². The van der Waals surface area contributed by atoms with E-state index in [1.165, 1.54) is 0 Å². The van der Waals surface area contributed by atoms with Crippen molar-refractivity contribution in [2.24, 2.45) is 0 Å². The van der Waals surface area contributed by atoms with Gasteiger partial charge in [0.15, 0.2) is 0 Å². The number of carbonyl (C=O) groups excluding carboxylic acids is 1. The lowest BCUT2D eigenvalue weighted by Gasteiger charge is -2.32. The average Bonchev–Trinajstić information content (AvgIpc) is 3.34. The highest BCUT2D eigenvalue weighted by molar-refractivity contribution is 6.56. The monoisotopic (exact) mass is 539 g/mol. The van der Waals surface area contributed by atoms with E-state index in [4.69, 9.17) is 14.0 Å². The number of amides is 1. The maximum Gasteiger partial charge on any atom is 0.492 e. The van der Waals surface area contributed by atoms with Crippen molar-refractivity contribution in [3.63, 3.8) is 0 Å². The van der Waals surface area contributed by atoms with Gasteiger partial charge in [-0.25, -0.2) is 9.59 Å². The van der Waals surface area contributed by atoms with E-state index in [0.717, 1.165) is 22.3 Å². The molecule has 5 rings (SSSR count). The van der Waals surface area contributed by atoms with E-state index in [2.05, 4.69) is 29.6 Å². The number of aromatic carboxylic acids is 1. The van der Waals surface area contributed by atoms with Crippen LogP contribution in [-0.4, -0.2) is 48.6 Å². The molecule has 1 amide bonds. The van der Waals surface area contributed by atoms with Gasteiger partial charge >= 0.3 is 19.2 Å². The number of carbonyl (C=O) groups is 2. The third-order valence-corrected chi connectivity index (χ3v) is 8.20. The Morgan fingerprint density at radius 3 is 2.08 bits per heavy atom. The largest absolute Gasteiger partial charge is 0.492 e. The van der Waals surface area contributed by atoms with Crippen LogP contribution in [0.4, 0.5) is 4.79 Å². The normalized spacial score (nSPS) is 17.3. The number of hydrogen-bond acceptors (Lipinski definition) is 5. The van der Waals surface area contributed by atoms with E-state index in [-0.39, 0.29) is 24.6 Å². The summed E-state index contributed by atoms with van der Waals surface area (Å²) in [7, 11) is -0.777. The van der Waals surface area contributed by atoms with Crippen molar-refractivity contribution >= 4 is 25.3 Å². The number of aryl methyl sites for hydroxylation is 1. The molecule has 0 radical (unpaired) electrons. The lowest BCUT2D eigenvalue weighted by molar-refractivity contribution is 0.00578. The maximum atomic E-state index is 12.9. The summed E-state index contributed by atoms with van der Waals surface area (Å²) in [6, 6.07) is 21.6. The van der Waals surface area contributed by atoms with Crippen LogP contribution in [0.5, 0.6) is 0 Å².